The highest BCUT2D eigenvalue weighted by atomic mass is 32.1. The molecule has 2 N–H and O–H groups in total. The van der Waals surface area contributed by atoms with Crippen LogP contribution >= 0.6 is 11.3 Å². The molecular weight excluding hydrogens is 502 g/mol. The van der Waals surface area contributed by atoms with Crippen molar-refractivity contribution in [1.82, 2.24) is 24.9 Å². The number of hydrogen-bond donors (Lipinski definition) is 2. The minimum Gasteiger partial charge on any atom is -0.352 e. The fraction of sp³-hybridized carbons (Fsp3) is 0.194. The van der Waals surface area contributed by atoms with Gasteiger partial charge in [-0.15, -0.1) is 11.3 Å². The third kappa shape index (κ3) is 5.03. The molecule has 0 saturated heterocycles. The first kappa shape index (κ1) is 24.5. The van der Waals surface area contributed by atoms with Crippen LogP contribution in [0.25, 0.3) is 55.5 Å². The van der Waals surface area contributed by atoms with E-state index in [4.69, 9.17) is 15.0 Å². The quantitative estimate of drug-likeness (QED) is 0.196. The summed E-state index contributed by atoms with van der Waals surface area (Å²) in [6.45, 7) is 2.23. The lowest BCUT2D eigenvalue weighted by atomic mass is 10.1. The number of thiophene rings is 1. The summed E-state index contributed by atoms with van der Waals surface area (Å²) in [4.78, 5) is 23.7. The van der Waals surface area contributed by atoms with Gasteiger partial charge in [0.1, 0.15) is 0 Å². The molecule has 0 aliphatic rings. The normalized spacial score (nSPS) is 11.2. The lowest BCUT2D eigenvalue weighted by Crippen LogP contribution is -1.99. The Kier molecular flexibility index (Phi) is 6.62. The van der Waals surface area contributed by atoms with E-state index in [0.717, 1.165) is 44.5 Å². The number of nitrogens with one attached hydrogen (secondary N) is 2. The zero-order chi connectivity index (χ0) is 26.8. The van der Waals surface area contributed by atoms with Crippen LogP contribution in [0, 0.1) is 22.7 Å². The minimum absolute atomic E-state index is 0.527. The van der Waals surface area contributed by atoms with E-state index in [1.54, 1.807) is 23.5 Å². The van der Waals surface area contributed by atoms with E-state index in [2.05, 4.69) is 41.2 Å². The monoisotopic (exact) mass is 527 g/mol. The van der Waals surface area contributed by atoms with Gasteiger partial charge in [0.2, 0.25) is 0 Å². The van der Waals surface area contributed by atoms with Gasteiger partial charge in [-0.05, 0) is 73.5 Å². The van der Waals surface area contributed by atoms with Crippen LogP contribution in [0.5, 0.6) is 0 Å². The summed E-state index contributed by atoms with van der Waals surface area (Å²) in [5.41, 5.74) is 4.53. The largest absolute Gasteiger partial charge is 0.352 e. The Morgan fingerprint density at radius 2 is 1.28 bits per heavy atom. The number of nitrogens with zero attached hydrogens (tertiary/aromatic N) is 5. The second-order valence-electron chi connectivity index (χ2n) is 9.58. The highest BCUT2D eigenvalue weighted by Crippen LogP contribution is 2.32. The van der Waals surface area contributed by atoms with Gasteiger partial charge in [-0.2, -0.15) is 10.5 Å². The molecule has 39 heavy (non-hydrogen) atoms. The van der Waals surface area contributed by atoms with Gasteiger partial charge >= 0.3 is 0 Å². The number of nitriles is 2. The van der Waals surface area contributed by atoms with Crippen LogP contribution in [0.4, 0.5) is 0 Å². The summed E-state index contributed by atoms with van der Waals surface area (Å²) < 4.78 is 0. The highest BCUT2D eigenvalue weighted by molar-refractivity contribution is 7.15. The van der Waals surface area contributed by atoms with Crippen LogP contribution < -0.4 is 0 Å². The van der Waals surface area contributed by atoms with Crippen molar-refractivity contribution in [3.63, 3.8) is 0 Å². The summed E-state index contributed by atoms with van der Waals surface area (Å²) in [6, 6.07) is 23.7. The standard InChI is InChI=1S/C31H25N7S/c1-2-3-4-5-6-23-9-12-28(39-23)31-37-29(26-15-21-13-19(17-32)7-10-24(21)34-26)36-30(38-31)27-16-22-14-20(18-33)8-11-25(22)35-27/h7-16,34-35H,2-6H2,1H3. The first-order chi connectivity index (χ1) is 19.1. The number of hydrogen-bond acceptors (Lipinski definition) is 6. The summed E-state index contributed by atoms with van der Waals surface area (Å²) in [5, 5.41) is 20.5. The topological polar surface area (TPSA) is 118 Å². The van der Waals surface area contributed by atoms with Crippen molar-refractivity contribution >= 4 is 33.1 Å². The molecule has 8 heteroatoms. The van der Waals surface area contributed by atoms with Crippen molar-refractivity contribution in [1.29, 1.82) is 10.5 Å². The van der Waals surface area contributed by atoms with Crippen LogP contribution in [0.15, 0.2) is 60.7 Å². The molecule has 0 radical (unpaired) electrons. The molecule has 7 nitrogen and oxygen atoms in total. The van der Waals surface area contributed by atoms with E-state index >= 15 is 0 Å². The molecule has 0 aliphatic carbocycles. The Hall–Kier alpha value is -4.79. The summed E-state index contributed by atoms with van der Waals surface area (Å²) in [5.74, 6) is 1.67. The predicted molar refractivity (Wildman–Crippen MR) is 155 cm³/mol. The van der Waals surface area contributed by atoms with E-state index in [1.165, 1.54) is 30.6 Å². The molecule has 0 aliphatic heterocycles. The van der Waals surface area contributed by atoms with Crippen molar-refractivity contribution < 1.29 is 0 Å². The zero-order valence-electron chi connectivity index (χ0n) is 21.5. The average Bonchev–Trinajstić information content (AvgIpc) is 3.72. The lowest BCUT2D eigenvalue weighted by molar-refractivity contribution is 0.670. The van der Waals surface area contributed by atoms with E-state index in [-0.39, 0.29) is 0 Å². The van der Waals surface area contributed by atoms with Crippen LogP contribution in [0.2, 0.25) is 0 Å². The third-order valence-corrected chi connectivity index (χ3v) is 7.92. The van der Waals surface area contributed by atoms with E-state index in [0.29, 0.717) is 28.6 Å². The van der Waals surface area contributed by atoms with Gasteiger partial charge in [-0.25, -0.2) is 15.0 Å². The van der Waals surface area contributed by atoms with Gasteiger partial charge in [0.05, 0.1) is 39.5 Å². The maximum Gasteiger partial charge on any atom is 0.180 e. The fourth-order valence-corrected chi connectivity index (χ4v) is 5.71. The van der Waals surface area contributed by atoms with Gasteiger partial charge in [0.15, 0.2) is 17.5 Å². The Morgan fingerprint density at radius 1 is 0.692 bits per heavy atom. The SMILES string of the molecule is CCCCCCc1ccc(-c2nc(-c3cc4cc(C#N)ccc4[nH]3)nc(-c3cc4cc(C#N)ccc4[nH]3)n2)s1. The molecular formula is C31H25N7S. The lowest BCUT2D eigenvalue weighted by Gasteiger charge is -2.05. The Labute approximate surface area is 229 Å². The molecule has 0 spiro atoms. The van der Waals surface area contributed by atoms with Crippen LogP contribution in [0.1, 0.15) is 48.6 Å². The molecule has 2 aromatic carbocycles. The molecule has 0 atom stereocenters. The minimum atomic E-state index is 0.527. The van der Waals surface area contributed by atoms with Crippen molar-refractivity contribution in [2.45, 2.75) is 39.0 Å². The van der Waals surface area contributed by atoms with Gasteiger partial charge in [-0.3, -0.25) is 0 Å². The molecule has 0 bridgehead atoms. The average molecular weight is 528 g/mol. The molecule has 0 amide bonds. The highest BCUT2D eigenvalue weighted by Gasteiger charge is 2.17. The molecule has 190 valence electrons. The molecule has 4 heterocycles. The van der Waals surface area contributed by atoms with Gasteiger partial charge in [0.25, 0.3) is 0 Å². The van der Waals surface area contributed by atoms with Crippen molar-refractivity contribution in [2.75, 3.05) is 0 Å². The van der Waals surface area contributed by atoms with Crippen LogP contribution in [0.3, 0.4) is 0 Å². The van der Waals surface area contributed by atoms with E-state index < -0.39 is 0 Å². The maximum atomic E-state index is 9.31. The number of benzene rings is 2. The van der Waals surface area contributed by atoms with Crippen molar-refractivity contribution in [2.24, 2.45) is 0 Å². The summed E-state index contributed by atoms with van der Waals surface area (Å²) in [7, 11) is 0. The fourth-order valence-electron chi connectivity index (χ4n) is 4.73. The van der Waals surface area contributed by atoms with Crippen LogP contribution in [-0.4, -0.2) is 24.9 Å². The van der Waals surface area contributed by atoms with Gasteiger partial charge in [0, 0.05) is 26.7 Å². The van der Waals surface area contributed by atoms with Crippen molar-refractivity contribution in [3.8, 4) is 45.9 Å². The predicted octanol–water partition coefficient (Wildman–Crippen LogP) is 7.76. The summed E-state index contributed by atoms with van der Waals surface area (Å²) in [6.07, 6.45) is 5.97. The number of unbranched alkanes of at least 4 members (excludes halogenated alkanes) is 3. The smallest absolute Gasteiger partial charge is 0.180 e. The number of aryl methyl sites for hydroxylation is 1. The molecule has 6 rings (SSSR count). The Bertz CT molecular complexity index is 1780. The second-order valence-corrected chi connectivity index (χ2v) is 10.7. The van der Waals surface area contributed by atoms with Gasteiger partial charge < -0.3 is 9.97 Å². The maximum absolute atomic E-state index is 9.31. The Morgan fingerprint density at radius 3 is 1.85 bits per heavy atom. The van der Waals surface area contributed by atoms with Crippen molar-refractivity contribution in [3.05, 3.63) is 76.7 Å². The van der Waals surface area contributed by atoms with E-state index in [1.807, 2.05) is 36.4 Å². The number of aromatic nitrogens is 5. The van der Waals surface area contributed by atoms with Gasteiger partial charge in [-0.1, -0.05) is 26.2 Å². The van der Waals surface area contributed by atoms with E-state index in [9.17, 15) is 10.5 Å². The molecule has 0 saturated carbocycles. The number of aromatic amines is 2. The molecule has 0 unspecified atom stereocenters. The molecule has 0 fully saturated rings. The number of rotatable bonds is 8. The Balaban J connectivity index is 1.44. The zero-order valence-corrected chi connectivity index (χ0v) is 22.3. The third-order valence-electron chi connectivity index (χ3n) is 6.78. The number of H-pyrrole nitrogens is 2. The number of fused-ring (bicyclic) bond motifs is 2. The second kappa shape index (κ2) is 10.5. The molecule has 6 aromatic rings. The molecule has 4 aromatic heterocycles. The first-order valence-electron chi connectivity index (χ1n) is 13.0. The summed E-state index contributed by atoms with van der Waals surface area (Å²) >= 11 is 1.73. The van der Waals surface area contributed by atoms with Crippen LogP contribution in [-0.2, 0) is 6.42 Å². The first-order valence-corrected chi connectivity index (χ1v) is 13.9.